The molecule has 0 aromatic heterocycles. The Bertz CT molecular complexity index is 1160. The summed E-state index contributed by atoms with van der Waals surface area (Å²) in [7, 11) is 0. The minimum atomic E-state index is -1.69. The first-order valence-corrected chi connectivity index (χ1v) is 13.6. The third kappa shape index (κ3) is 4.51. The summed E-state index contributed by atoms with van der Waals surface area (Å²) < 4.78 is 36.0. The highest BCUT2D eigenvalue weighted by Crippen LogP contribution is 2.61. The molecule has 12 heteroatoms. The topological polar surface area (TPSA) is 141 Å². The summed E-state index contributed by atoms with van der Waals surface area (Å²) in [5.74, 6) is -5.30. The van der Waals surface area contributed by atoms with Crippen LogP contribution in [0.4, 0.5) is 0 Å². The highest BCUT2D eigenvalue weighted by molar-refractivity contribution is 6.23. The first-order valence-electron chi connectivity index (χ1n) is 13.1. The largest absolute Gasteiger partial charge is 0.462 e. The molecule has 0 aromatic carbocycles. The Balaban J connectivity index is 2.11. The van der Waals surface area contributed by atoms with Gasteiger partial charge in [-0.25, -0.2) is 0 Å². The zero-order valence-electron chi connectivity index (χ0n) is 23.4. The van der Waals surface area contributed by atoms with Crippen LogP contribution < -0.4 is 0 Å². The summed E-state index contributed by atoms with van der Waals surface area (Å²) in [5, 5.41) is -1.05. The minimum absolute atomic E-state index is 0.204. The van der Waals surface area contributed by atoms with Crippen molar-refractivity contribution in [3.8, 4) is 0 Å². The van der Waals surface area contributed by atoms with Crippen molar-refractivity contribution in [1.82, 2.24) is 0 Å². The molecule has 0 N–H and O–H groups in total. The monoisotopic (exact) mass is 582 g/mol. The number of fused-ring (bicyclic) bond motifs is 2. The maximum atomic E-state index is 13.1. The summed E-state index contributed by atoms with van der Waals surface area (Å²) in [6, 6.07) is 0. The van der Waals surface area contributed by atoms with Crippen LogP contribution in [0.1, 0.15) is 54.4 Å². The maximum absolute atomic E-state index is 13.1. The standard InChI is InChI=1S/C28H35ClO11/c1-11-9-10-18(35-14(4)30)27(8)19(11)23(37-16(6)32)28-13(3)26(34)39-24(28)20(29)12(2)21(40-28)22(36-15(5)31)25(27)38-17(7)33/h13,18-25H,1-2,9-10H2,3-8H3/t13-,18-,19+,20-,21+,22+,23+,24-,25-,27-,28?/m0/s1. The Kier molecular flexibility index (Phi) is 7.87. The maximum Gasteiger partial charge on any atom is 0.312 e. The fraction of sp³-hybridized carbons (Fsp3) is 0.679. The second-order valence-electron chi connectivity index (χ2n) is 11.2. The number of esters is 5. The number of carbonyl (C=O) groups excluding carboxylic acids is 5. The Morgan fingerprint density at radius 1 is 0.925 bits per heavy atom. The predicted octanol–water partition coefficient (Wildman–Crippen LogP) is 2.56. The SMILES string of the molecule is C=C1CC[C@H](OC(C)=O)[C@@]2(C)[C@H]1[C@@H](OC(C)=O)C13O[C@H](C(=C)[C@H](Cl)[C@@H]1OC(=O)[C@@H]3C)[C@@H](OC(C)=O)[C@@H]2OC(C)=O. The number of ether oxygens (including phenoxy) is 6. The van der Waals surface area contributed by atoms with Crippen LogP contribution in [0.25, 0.3) is 0 Å². The second kappa shape index (κ2) is 10.5. The molecule has 40 heavy (non-hydrogen) atoms. The molecule has 0 aromatic rings. The van der Waals surface area contributed by atoms with Gasteiger partial charge in [-0.3, -0.25) is 24.0 Å². The fourth-order valence-electron chi connectivity index (χ4n) is 7.12. The van der Waals surface area contributed by atoms with Crippen molar-refractivity contribution >= 4 is 41.4 Å². The molecule has 11 nitrogen and oxygen atoms in total. The van der Waals surface area contributed by atoms with E-state index >= 15 is 0 Å². The molecule has 1 unspecified atom stereocenters. The smallest absolute Gasteiger partial charge is 0.312 e. The van der Waals surface area contributed by atoms with Crippen LogP contribution in [0, 0.1) is 17.3 Å². The summed E-state index contributed by atoms with van der Waals surface area (Å²) in [4.78, 5) is 63.2. The third-order valence-corrected chi connectivity index (χ3v) is 9.23. The van der Waals surface area contributed by atoms with Gasteiger partial charge in [-0.15, -0.1) is 11.6 Å². The Labute approximate surface area is 237 Å². The molecule has 1 spiro atoms. The lowest BCUT2D eigenvalue weighted by Crippen LogP contribution is -2.75. The molecule has 4 rings (SSSR count). The van der Waals surface area contributed by atoms with Crippen LogP contribution in [0.2, 0.25) is 0 Å². The van der Waals surface area contributed by atoms with Crippen molar-refractivity contribution in [2.75, 3.05) is 0 Å². The molecule has 1 aliphatic carbocycles. The van der Waals surface area contributed by atoms with Gasteiger partial charge in [0.1, 0.15) is 18.3 Å². The molecule has 4 aliphatic rings. The number of alkyl halides is 1. The van der Waals surface area contributed by atoms with Gasteiger partial charge in [0.2, 0.25) is 0 Å². The molecular formula is C28H35ClO11. The summed E-state index contributed by atoms with van der Waals surface area (Å²) >= 11 is 6.89. The zero-order chi connectivity index (χ0) is 29.9. The van der Waals surface area contributed by atoms with Gasteiger partial charge in [0.15, 0.2) is 23.9 Å². The van der Waals surface area contributed by atoms with Gasteiger partial charge < -0.3 is 28.4 Å². The van der Waals surface area contributed by atoms with Gasteiger partial charge in [0.25, 0.3) is 0 Å². The molecule has 0 radical (unpaired) electrons. The van der Waals surface area contributed by atoms with Gasteiger partial charge in [0.05, 0.1) is 16.7 Å². The minimum Gasteiger partial charge on any atom is -0.462 e. The molecule has 220 valence electrons. The van der Waals surface area contributed by atoms with E-state index in [0.29, 0.717) is 12.0 Å². The van der Waals surface area contributed by atoms with Gasteiger partial charge in [-0.2, -0.15) is 0 Å². The zero-order valence-corrected chi connectivity index (χ0v) is 24.1. The summed E-state index contributed by atoms with van der Waals surface area (Å²) in [6.45, 7) is 16.4. The van der Waals surface area contributed by atoms with Crippen LogP contribution in [0.5, 0.6) is 0 Å². The van der Waals surface area contributed by atoms with Crippen LogP contribution in [-0.4, -0.2) is 77.4 Å². The van der Waals surface area contributed by atoms with E-state index in [0.717, 1.165) is 0 Å². The second-order valence-corrected chi connectivity index (χ2v) is 11.7. The van der Waals surface area contributed by atoms with E-state index in [2.05, 4.69) is 13.2 Å². The lowest BCUT2D eigenvalue weighted by atomic mass is 9.53. The highest BCUT2D eigenvalue weighted by atomic mass is 35.5. The van der Waals surface area contributed by atoms with Crippen LogP contribution in [-0.2, 0) is 52.4 Å². The summed E-state index contributed by atoms with van der Waals surface area (Å²) in [6.07, 6.45) is -6.58. The van der Waals surface area contributed by atoms with E-state index in [1.165, 1.54) is 27.7 Å². The van der Waals surface area contributed by atoms with Gasteiger partial charge in [0, 0.05) is 33.6 Å². The van der Waals surface area contributed by atoms with E-state index in [1.54, 1.807) is 13.8 Å². The number of halogens is 1. The van der Waals surface area contributed by atoms with Crippen molar-refractivity contribution in [1.29, 1.82) is 0 Å². The molecular weight excluding hydrogens is 548 g/mol. The van der Waals surface area contributed by atoms with Crippen molar-refractivity contribution in [3.05, 3.63) is 24.3 Å². The Hall–Kier alpha value is -2.92. The van der Waals surface area contributed by atoms with Crippen LogP contribution >= 0.6 is 11.6 Å². The lowest BCUT2D eigenvalue weighted by Gasteiger charge is -2.61. The van der Waals surface area contributed by atoms with Crippen molar-refractivity contribution in [3.63, 3.8) is 0 Å². The van der Waals surface area contributed by atoms with Crippen molar-refractivity contribution in [2.45, 2.75) is 102 Å². The van der Waals surface area contributed by atoms with E-state index in [-0.39, 0.29) is 12.0 Å². The highest BCUT2D eigenvalue weighted by Gasteiger charge is 2.75. The Morgan fingerprint density at radius 3 is 2.02 bits per heavy atom. The van der Waals surface area contributed by atoms with E-state index in [9.17, 15) is 24.0 Å². The average Bonchev–Trinajstić information content (AvgIpc) is 3.09. The fourth-order valence-corrected chi connectivity index (χ4v) is 7.49. The predicted molar refractivity (Wildman–Crippen MR) is 138 cm³/mol. The Morgan fingerprint density at radius 2 is 1.48 bits per heavy atom. The summed E-state index contributed by atoms with van der Waals surface area (Å²) in [5.41, 5.74) is -2.33. The van der Waals surface area contributed by atoms with E-state index in [1.807, 2.05) is 0 Å². The van der Waals surface area contributed by atoms with Crippen molar-refractivity contribution in [2.24, 2.45) is 17.3 Å². The molecule has 3 saturated heterocycles. The normalized spacial score (nSPS) is 42.3. The number of hydrogen-bond donors (Lipinski definition) is 0. The molecule has 3 heterocycles. The number of rotatable bonds is 4. The van der Waals surface area contributed by atoms with E-state index in [4.69, 9.17) is 40.0 Å². The number of carbonyl (C=O) groups is 5. The van der Waals surface area contributed by atoms with Crippen LogP contribution in [0.15, 0.2) is 24.3 Å². The number of hydrogen-bond acceptors (Lipinski definition) is 11. The average molecular weight is 583 g/mol. The van der Waals surface area contributed by atoms with E-state index < -0.39 is 94.7 Å². The quantitative estimate of drug-likeness (QED) is 0.209. The van der Waals surface area contributed by atoms with Gasteiger partial charge in [-0.1, -0.05) is 25.7 Å². The lowest BCUT2D eigenvalue weighted by molar-refractivity contribution is -0.294. The molecule has 11 atom stereocenters. The molecule has 4 fully saturated rings. The molecule has 0 amide bonds. The van der Waals surface area contributed by atoms with Gasteiger partial charge in [-0.05, 0) is 25.3 Å². The molecule has 2 bridgehead atoms. The molecule has 3 aliphatic heterocycles. The first kappa shape index (κ1) is 30.0. The third-order valence-electron chi connectivity index (χ3n) is 8.72. The van der Waals surface area contributed by atoms with Gasteiger partial charge >= 0.3 is 29.8 Å². The van der Waals surface area contributed by atoms with Crippen molar-refractivity contribution < 1.29 is 52.4 Å². The molecule has 1 saturated carbocycles. The first-order chi connectivity index (χ1) is 18.6. The van der Waals surface area contributed by atoms with Crippen LogP contribution in [0.3, 0.4) is 0 Å².